The zero-order valence-electron chi connectivity index (χ0n) is 17.6. The van der Waals surface area contributed by atoms with Crippen molar-refractivity contribution in [3.05, 3.63) is 88.8 Å². The lowest BCUT2D eigenvalue weighted by Crippen LogP contribution is -2.21. The van der Waals surface area contributed by atoms with E-state index in [1.807, 2.05) is 42.5 Å². The number of hydrogen-bond donors (Lipinski definition) is 2. The van der Waals surface area contributed by atoms with Crippen molar-refractivity contribution in [3.8, 4) is 29.1 Å². The summed E-state index contributed by atoms with van der Waals surface area (Å²) in [7, 11) is 3.16. The molecule has 0 saturated carbocycles. The van der Waals surface area contributed by atoms with Crippen molar-refractivity contribution in [2.75, 3.05) is 14.2 Å². The standard InChI is InChI=1S/C25H21N3O4/c1-30-17-7-5-6-16(11-17)28-14-15-10-19-23(12-21(15)29)32-25(27)20(13-26)24(19)18-8-3-4-9-22(18)31-2/h3-12,14,24,29H,27H2,1-2H3/t24-/m0/s1. The van der Waals surface area contributed by atoms with E-state index in [1.54, 1.807) is 32.6 Å². The molecule has 0 amide bonds. The van der Waals surface area contributed by atoms with Gasteiger partial charge >= 0.3 is 0 Å². The van der Waals surface area contributed by atoms with Gasteiger partial charge in [-0.2, -0.15) is 5.26 Å². The van der Waals surface area contributed by atoms with Crippen LogP contribution in [0, 0.1) is 11.3 Å². The van der Waals surface area contributed by atoms with Crippen molar-refractivity contribution in [1.29, 1.82) is 5.26 Å². The number of benzene rings is 3. The minimum atomic E-state index is -0.524. The molecule has 1 aliphatic rings. The predicted octanol–water partition coefficient (Wildman–Crippen LogP) is 4.38. The number of allylic oxidation sites excluding steroid dienone is 1. The Morgan fingerprint density at radius 1 is 1.06 bits per heavy atom. The Hall–Kier alpha value is -4.44. The highest BCUT2D eigenvalue weighted by Crippen LogP contribution is 2.46. The Labute approximate surface area is 185 Å². The summed E-state index contributed by atoms with van der Waals surface area (Å²) < 4.78 is 16.4. The summed E-state index contributed by atoms with van der Waals surface area (Å²) in [5.74, 6) is 1.11. The van der Waals surface area contributed by atoms with Gasteiger partial charge < -0.3 is 25.1 Å². The molecule has 4 rings (SSSR count). The van der Waals surface area contributed by atoms with Crippen LogP contribution >= 0.6 is 0 Å². The van der Waals surface area contributed by atoms with Gasteiger partial charge in [0.1, 0.15) is 34.6 Å². The minimum Gasteiger partial charge on any atom is -0.507 e. The normalized spacial score (nSPS) is 15.1. The van der Waals surface area contributed by atoms with Crippen LogP contribution in [0.3, 0.4) is 0 Å². The monoisotopic (exact) mass is 427 g/mol. The summed E-state index contributed by atoms with van der Waals surface area (Å²) in [5, 5.41) is 20.4. The first-order valence-electron chi connectivity index (χ1n) is 9.81. The molecule has 3 aromatic rings. The van der Waals surface area contributed by atoms with Gasteiger partial charge in [-0.1, -0.05) is 24.3 Å². The number of hydrogen-bond acceptors (Lipinski definition) is 7. The molecular weight excluding hydrogens is 406 g/mol. The smallest absolute Gasteiger partial charge is 0.205 e. The van der Waals surface area contributed by atoms with Crippen LogP contribution in [-0.2, 0) is 0 Å². The first-order chi connectivity index (χ1) is 15.5. The van der Waals surface area contributed by atoms with E-state index in [0.717, 1.165) is 5.56 Å². The first kappa shape index (κ1) is 20.8. The second kappa shape index (κ2) is 8.74. The molecule has 7 nitrogen and oxygen atoms in total. The second-order valence-corrected chi connectivity index (χ2v) is 7.08. The Morgan fingerprint density at radius 3 is 2.62 bits per heavy atom. The summed E-state index contributed by atoms with van der Waals surface area (Å²) in [6.45, 7) is 0. The third-order valence-electron chi connectivity index (χ3n) is 5.22. The van der Waals surface area contributed by atoms with E-state index in [0.29, 0.717) is 34.1 Å². The third kappa shape index (κ3) is 3.82. The number of aliphatic imine (C=N–C) groups is 1. The maximum Gasteiger partial charge on any atom is 0.205 e. The lowest BCUT2D eigenvalue weighted by Gasteiger charge is -2.28. The number of aromatic hydroxyl groups is 1. The molecule has 0 spiro atoms. The highest BCUT2D eigenvalue weighted by molar-refractivity contribution is 5.87. The van der Waals surface area contributed by atoms with E-state index < -0.39 is 5.92 Å². The van der Waals surface area contributed by atoms with E-state index in [9.17, 15) is 10.4 Å². The van der Waals surface area contributed by atoms with Gasteiger partial charge in [0.2, 0.25) is 5.88 Å². The molecule has 3 aromatic carbocycles. The van der Waals surface area contributed by atoms with E-state index in [2.05, 4.69) is 11.1 Å². The molecule has 0 aromatic heterocycles. The van der Waals surface area contributed by atoms with E-state index in [1.165, 1.54) is 6.07 Å². The van der Waals surface area contributed by atoms with Gasteiger partial charge in [-0.3, -0.25) is 4.99 Å². The molecule has 0 aliphatic carbocycles. The molecular formula is C25H21N3O4. The van der Waals surface area contributed by atoms with Crippen LogP contribution in [0.15, 0.2) is 77.1 Å². The largest absolute Gasteiger partial charge is 0.507 e. The lowest BCUT2D eigenvalue weighted by molar-refractivity contribution is 0.382. The topological polar surface area (TPSA) is 110 Å². The van der Waals surface area contributed by atoms with Crippen molar-refractivity contribution in [3.63, 3.8) is 0 Å². The molecule has 7 heteroatoms. The van der Waals surface area contributed by atoms with Gasteiger partial charge in [-0.05, 0) is 24.3 Å². The van der Waals surface area contributed by atoms with E-state index in [-0.39, 0.29) is 17.2 Å². The zero-order chi connectivity index (χ0) is 22.7. The maximum absolute atomic E-state index is 10.6. The molecule has 0 radical (unpaired) electrons. The highest BCUT2D eigenvalue weighted by Gasteiger charge is 2.33. The van der Waals surface area contributed by atoms with E-state index in [4.69, 9.17) is 19.9 Å². The van der Waals surface area contributed by atoms with Crippen LogP contribution in [-0.4, -0.2) is 25.5 Å². The number of phenols is 1. The number of nitrogens with two attached hydrogens (primary N) is 1. The van der Waals surface area contributed by atoms with E-state index >= 15 is 0 Å². The SMILES string of the molecule is COc1cccc(N=Cc2cc3c(cc2O)OC(N)=C(C#N)[C@H]3c2ccccc2OC)c1. The average Bonchev–Trinajstić information content (AvgIpc) is 2.82. The van der Waals surface area contributed by atoms with Crippen LogP contribution in [0.4, 0.5) is 5.69 Å². The number of nitriles is 1. The van der Waals surface area contributed by atoms with Crippen molar-refractivity contribution in [2.24, 2.45) is 10.7 Å². The molecule has 0 bridgehead atoms. The molecule has 1 atom stereocenters. The fraction of sp³-hybridized carbons (Fsp3) is 0.120. The molecule has 1 aliphatic heterocycles. The van der Waals surface area contributed by atoms with Gasteiger partial charge in [-0.15, -0.1) is 0 Å². The fourth-order valence-electron chi connectivity index (χ4n) is 3.67. The molecule has 3 N–H and O–H groups in total. The maximum atomic E-state index is 10.6. The first-order valence-corrected chi connectivity index (χ1v) is 9.81. The minimum absolute atomic E-state index is 0.00639. The van der Waals surface area contributed by atoms with Crippen LogP contribution in [0.5, 0.6) is 23.0 Å². The van der Waals surface area contributed by atoms with Crippen LogP contribution in [0.2, 0.25) is 0 Å². The second-order valence-electron chi connectivity index (χ2n) is 7.08. The highest BCUT2D eigenvalue weighted by atomic mass is 16.5. The van der Waals surface area contributed by atoms with Gasteiger partial charge in [0, 0.05) is 35.0 Å². The fourth-order valence-corrected chi connectivity index (χ4v) is 3.67. The van der Waals surface area contributed by atoms with Crippen LogP contribution < -0.4 is 19.9 Å². The molecule has 160 valence electrons. The Bertz CT molecular complexity index is 1270. The number of fused-ring (bicyclic) bond motifs is 1. The van der Waals surface area contributed by atoms with Crippen LogP contribution in [0.25, 0.3) is 0 Å². The molecule has 0 unspecified atom stereocenters. The van der Waals surface area contributed by atoms with Gasteiger partial charge in [-0.25, -0.2) is 0 Å². The van der Waals surface area contributed by atoms with Gasteiger partial charge in [0.05, 0.1) is 25.8 Å². The molecule has 0 fully saturated rings. The number of nitrogens with zero attached hydrogens (tertiary/aromatic N) is 2. The van der Waals surface area contributed by atoms with Crippen molar-refractivity contribution < 1.29 is 19.3 Å². The Morgan fingerprint density at radius 2 is 1.88 bits per heavy atom. The molecule has 32 heavy (non-hydrogen) atoms. The number of ether oxygens (including phenoxy) is 3. The summed E-state index contributed by atoms with van der Waals surface area (Å²) in [6.07, 6.45) is 1.55. The third-order valence-corrected chi connectivity index (χ3v) is 5.22. The quantitative estimate of drug-likeness (QED) is 0.585. The number of para-hydroxylation sites is 1. The summed E-state index contributed by atoms with van der Waals surface area (Å²) in [6, 6.07) is 20.1. The zero-order valence-corrected chi connectivity index (χ0v) is 17.6. The van der Waals surface area contributed by atoms with Gasteiger partial charge in [0.25, 0.3) is 0 Å². The molecule has 0 saturated heterocycles. The summed E-state index contributed by atoms with van der Waals surface area (Å²) in [5.41, 5.74) is 8.88. The van der Waals surface area contributed by atoms with Crippen molar-refractivity contribution in [2.45, 2.75) is 5.92 Å². The summed E-state index contributed by atoms with van der Waals surface area (Å²) >= 11 is 0. The average molecular weight is 427 g/mol. The summed E-state index contributed by atoms with van der Waals surface area (Å²) in [4.78, 5) is 4.45. The number of rotatable bonds is 5. The lowest BCUT2D eigenvalue weighted by atomic mass is 9.82. The number of phenolic OH excluding ortho intramolecular Hbond substituents is 1. The van der Waals surface area contributed by atoms with Crippen LogP contribution in [0.1, 0.15) is 22.6 Å². The predicted molar refractivity (Wildman–Crippen MR) is 121 cm³/mol. The number of methoxy groups -OCH3 is 2. The van der Waals surface area contributed by atoms with Gasteiger partial charge in [0.15, 0.2) is 0 Å². The van der Waals surface area contributed by atoms with Crippen molar-refractivity contribution >= 4 is 11.9 Å². The Kier molecular flexibility index (Phi) is 5.69. The Balaban J connectivity index is 1.83. The van der Waals surface area contributed by atoms with Crippen molar-refractivity contribution in [1.82, 2.24) is 0 Å². The molecule has 1 heterocycles.